The first-order valence-electron chi connectivity index (χ1n) is 6.11. The van der Waals surface area contributed by atoms with Crippen LogP contribution in [0.1, 0.15) is 5.56 Å². The molecule has 0 heterocycles. The molecule has 0 aliphatic carbocycles. The number of rotatable bonds is 6. The van der Waals surface area contributed by atoms with Gasteiger partial charge >= 0.3 is 7.82 Å². The molecule has 112 valence electrons. The van der Waals surface area contributed by atoms with Crippen molar-refractivity contribution in [1.82, 2.24) is 0 Å². The molecule has 0 aromatic heterocycles. The number of halogens is 2. The van der Waals surface area contributed by atoms with Gasteiger partial charge in [0.2, 0.25) is 0 Å². The number of phosphoric ester groups is 1. The van der Waals surface area contributed by atoms with Crippen LogP contribution >= 0.6 is 35.4 Å². The SMILES string of the molecule is O=P(O)(Oc1ccc(Cl)cc1)Oc1cccc(CCBr)c1. The zero-order valence-corrected chi connectivity index (χ0v) is 14.1. The van der Waals surface area contributed by atoms with Crippen molar-refractivity contribution in [2.75, 3.05) is 5.33 Å². The molecule has 0 fully saturated rings. The van der Waals surface area contributed by atoms with Crippen LogP contribution in [-0.2, 0) is 11.0 Å². The molecule has 0 spiro atoms. The molecule has 0 bridgehead atoms. The number of aryl methyl sites for hydroxylation is 1. The lowest BCUT2D eigenvalue weighted by Crippen LogP contribution is -2.00. The van der Waals surface area contributed by atoms with Gasteiger partial charge in [-0.15, -0.1) is 0 Å². The highest BCUT2D eigenvalue weighted by atomic mass is 79.9. The van der Waals surface area contributed by atoms with Crippen LogP contribution in [0.25, 0.3) is 0 Å². The van der Waals surface area contributed by atoms with Gasteiger partial charge in [0.25, 0.3) is 0 Å². The predicted octanol–water partition coefficient (Wildman–Crippen LogP) is 4.84. The van der Waals surface area contributed by atoms with E-state index >= 15 is 0 Å². The Hall–Kier alpha value is -1.000. The van der Waals surface area contributed by atoms with Gasteiger partial charge in [0.15, 0.2) is 0 Å². The first kappa shape index (κ1) is 16.4. The highest BCUT2D eigenvalue weighted by Crippen LogP contribution is 2.44. The molecule has 0 amide bonds. The molecule has 2 rings (SSSR count). The van der Waals surface area contributed by atoms with Gasteiger partial charge in [0, 0.05) is 10.4 Å². The maximum atomic E-state index is 12.0. The molecule has 0 radical (unpaired) electrons. The molecule has 0 saturated heterocycles. The van der Waals surface area contributed by atoms with Crippen LogP contribution in [0.5, 0.6) is 11.5 Å². The van der Waals surface area contributed by atoms with E-state index < -0.39 is 7.82 Å². The largest absolute Gasteiger partial charge is 0.584 e. The van der Waals surface area contributed by atoms with E-state index in [1.54, 1.807) is 30.3 Å². The Morgan fingerprint density at radius 1 is 1.10 bits per heavy atom. The molecule has 4 nitrogen and oxygen atoms in total. The average molecular weight is 392 g/mol. The van der Waals surface area contributed by atoms with Crippen molar-refractivity contribution < 1.29 is 18.5 Å². The smallest absolute Gasteiger partial charge is 0.395 e. The minimum Gasteiger partial charge on any atom is -0.395 e. The molecule has 7 heteroatoms. The highest BCUT2D eigenvalue weighted by molar-refractivity contribution is 9.09. The fourth-order valence-corrected chi connectivity index (χ4v) is 3.04. The van der Waals surface area contributed by atoms with E-state index in [-0.39, 0.29) is 11.5 Å². The van der Waals surface area contributed by atoms with E-state index in [4.69, 9.17) is 20.6 Å². The zero-order chi connectivity index (χ0) is 15.3. The van der Waals surface area contributed by atoms with Crippen molar-refractivity contribution in [3.63, 3.8) is 0 Å². The summed E-state index contributed by atoms with van der Waals surface area (Å²) in [5.74, 6) is 0.495. The lowest BCUT2D eigenvalue weighted by Gasteiger charge is -2.14. The molecule has 1 unspecified atom stereocenters. The molecule has 2 aromatic rings. The second kappa shape index (κ2) is 7.32. The fourth-order valence-electron chi connectivity index (χ4n) is 1.65. The third-order valence-electron chi connectivity index (χ3n) is 2.54. The summed E-state index contributed by atoms with van der Waals surface area (Å²) < 4.78 is 22.0. The van der Waals surface area contributed by atoms with Crippen LogP contribution in [0.3, 0.4) is 0 Å². The van der Waals surface area contributed by atoms with Gasteiger partial charge in [-0.1, -0.05) is 39.7 Å². The molecule has 1 N–H and O–H groups in total. The Kier molecular flexibility index (Phi) is 5.71. The van der Waals surface area contributed by atoms with Gasteiger partial charge in [-0.25, -0.2) is 4.57 Å². The second-order valence-corrected chi connectivity index (χ2v) is 6.72. The molecule has 2 aromatic carbocycles. The summed E-state index contributed by atoms with van der Waals surface area (Å²) in [5.41, 5.74) is 0.996. The van der Waals surface area contributed by atoms with Crippen molar-refractivity contribution in [3.05, 3.63) is 59.1 Å². The van der Waals surface area contributed by atoms with Crippen molar-refractivity contribution in [2.24, 2.45) is 0 Å². The van der Waals surface area contributed by atoms with Crippen LogP contribution in [0.4, 0.5) is 0 Å². The monoisotopic (exact) mass is 390 g/mol. The summed E-state index contributed by atoms with van der Waals surface area (Å²) >= 11 is 9.08. The van der Waals surface area contributed by atoms with Crippen molar-refractivity contribution in [2.45, 2.75) is 6.42 Å². The van der Waals surface area contributed by atoms with E-state index in [1.807, 2.05) is 6.07 Å². The highest BCUT2D eigenvalue weighted by Gasteiger charge is 2.25. The maximum Gasteiger partial charge on any atom is 0.584 e. The van der Waals surface area contributed by atoms with Crippen LogP contribution in [0.15, 0.2) is 48.5 Å². The van der Waals surface area contributed by atoms with E-state index in [9.17, 15) is 9.46 Å². The Bertz CT molecular complexity index is 648. The van der Waals surface area contributed by atoms with E-state index in [2.05, 4.69) is 15.9 Å². The first-order chi connectivity index (χ1) is 9.98. The van der Waals surface area contributed by atoms with Crippen molar-refractivity contribution in [1.29, 1.82) is 0 Å². The Labute approximate surface area is 136 Å². The normalized spacial score (nSPS) is 13.5. The Morgan fingerprint density at radius 3 is 2.43 bits per heavy atom. The summed E-state index contributed by atoms with van der Waals surface area (Å²) in [4.78, 5) is 9.78. The second-order valence-electron chi connectivity index (χ2n) is 4.19. The number of alkyl halides is 1. The number of phosphoric acid groups is 1. The topological polar surface area (TPSA) is 55.8 Å². The minimum atomic E-state index is -4.25. The van der Waals surface area contributed by atoms with Crippen molar-refractivity contribution >= 4 is 35.4 Å². The van der Waals surface area contributed by atoms with E-state index in [0.717, 1.165) is 17.3 Å². The molecule has 0 aliphatic heterocycles. The van der Waals surface area contributed by atoms with Crippen molar-refractivity contribution in [3.8, 4) is 11.5 Å². The molecule has 0 aliphatic rings. The Morgan fingerprint density at radius 2 is 1.76 bits per heavy atom. The summed E-state index contributed by atoms with van der Waals surface area (Å²) in [7, 11) is -4.25. The number of hydrogen-bond acceptors (Lipinski definition) is 3. The van der Waals surface area contributed by atoms with Crippen LogP contribution < -0.4 is 9.05 Å². The summed E-state index contributed by atoms with van der Waals surface area (Å²) in [6, 6.07) is 13.1. The van der Waals surface area contributed by atoms with Gasteiger partial charge in [-0.05, 0) is 48.4 Å². The average Bonchev–Trinajstić information content (AvgIpc) is 2.41. The molecular formula is C14H13BrClO4P. The zero-order valence-electron chi connectivity index (χ0n) is 10.9. The minimum absolute atomic E-state index is 0.210. The van der Waals surface area contributed by atoms with Gasteiger partial charge in [-0.3, -0.25) is 4.89 Å². The molecular weight excluding hydrogens is 378 g/mol. The fraction of sp³-hybridized carbons (Fsp3) is 0.143. The molecule has 1 atom stereocenters. The standard InChI is InChI=1S/C14H13BrClO4P/c15-9-8-11-2-1-3-14(10-11)20-21(17,18)19-13-6-4-12(16)5-7-13/h1-7,10H,8-9H2,(H,17,18). The number of benzene rings is 2. The maximum absolute atomic E-state index is 12.0. The van der Waals surface area contributed by atoms with Gasteiger partial charge in [-0.2, -0.15) is 0 Å². The number of hydrogen-bond donors (Lipinski definition) is 1. The van der Waals surface area contributed by atoms with Gasteiger partial charge < -0.3 is 9.05 Å². The molecule has 0 saturated carbocycles. The van der Waals surface area contributed by atoms with Crippen LogP contribution in [0.2, 0.25) is 5.02 Å². The van der Waals surface area contributed by atoms with E-state index in [1.165, 1.54) is 12.1 Å². The first-order valence-corrected chi connectivity index (χ1v) is 9.10. The van der Waals surface area contributed by atoms with Crippen LogP contribution in [-0.4, -0.2) is 10.2 Å². The lowest BCUT2D eigenvalue weighted by molar-refractivity contribution is 0.291. The summed E-state index contributed by atoms with van der Waals surface area (Å²) in [6.45, 7) is 0. The predicted molar refractivity (Wildman–Crippen MR) is 86.5 cm³/mol. The molecule has 21 heavy (non-hydrogen) atoms. The van der Waals surface area contributed by atoms with Gasteiger partial charge in [0.1, 0.15) is 11.5 Å². The quantitative estimate of drug-likeness (QED) is 0.566. The summed E-state index contributed by atoms with van der Waals surface area (Å²) in [6.07, 6.45) is 0.797. The summed E-state index contributed by atoms with van der Waals surface area (Å²) in [5, 5.41) is 1.31. The van der Waals surface area contributed by atoms with Gasteiger partial charge in [0.05, 0.1) is 0 Å². The third-order valence-corrected chi connectivity index (χ3v) is 4.07. The lowest BCUT2D eigenvalue weighted by atomic mass is 10.2. The Balaban J connectivity index is 2.08. The van der Waals surface area contributed by atoms with E-state index in [0.29, 0.717) is 5.02 Å². The third kappa shape index (κ3) is 5.36. The van der Waals surface area contributed by atoms with Crippen LogP contribution in [0, 0.1) is 0 Å².